The quantitative estimate of drug-likeness (QED) is 0.363. The summed E-state index contributed by atoms with van der Waals surface area (Å²) >= 11 is 1.03. The molecule has 0 atom stereocenters. The molecule has 3 rings (SSSR count). The second kappa shape index (κ2) is 9.65. The first kappa shape index (κ1) is 23.0. The smallest absolute Gasteiger partial charge is 0.341 e. The minimum absolute atomic E-state index is 0.167. The highest BCUT2D eigenvalue weighted by Crippen LogP contribution is 2.35. The fraction of sp³-hybridized carbons (Fsp3) is 0.208. The lowest BCUT2D eigenvalue weighted by Gasteiger charge is -2.09. The number of hydrogen-bond acceptors (Lipinski definition) is 6. The summed E-state index contributed by atoms with van der Waals surface area (Å²) in [6.45, 7) is 7.41. The van der Waals surface area contributed by atoms with Gasteiger partial charge < -0.3 is 21.1 Å². The van der Waals surface area contributed by atoms with Gasteiger partial charge in [0, 0.05) is 16.9 Å². The first-order valence-electron chi connectivity index (χ1n) is 10.1. The Balaban J connectivity index is 1.96. The average Bonchev–Trinajstić information content (AvgIpc) is 3.06. The molecule has 0 saturated carbocycles. The van der Waals surface area contributed by atoms with Gasteiger partial charge in [0.25, 0.3) is 11.8 Å². The third kappa shape index (κ3) is 4.97. The van der Waals surface area contributed by atoms with Crippen LogP contribution < -0.4 is 16.4 Å². The molecule has 0 aliphatic heterocycles. The molecule has 4 N–H and O–H groups in total. The normalized spacial score (nSPS) is 10.5. The summed E-state index contributed by atoms with van der Waals surface area (Å²) in [6, 6.07) is 12.2. The maximum atomic E-state index is 13.0. The van der Waals surface area contributed by atoms with Gasteiger partial charge in [-0.2, -0.15) is 0 Å². The number of benzene rings is 2. The third-order valence-corrected chi connectivity index (χ3v) is 6.04. The summed E-state index contributed by atoms with van der Waals surface area (Å²) in [4.78, 5) is 38.7. The number of carbonyl (C=O) groups is 3. The second-order valence-corrected chi connectivity index (χ2v) is 8.35. The summed E-state index contributed by atoms with van der Waals surface area (Å²) in [5.74, 6) is -1.41. The number of nitrogens with one attached hydrogen (secondary N) is 2. The summed E-state index contributed by atoms with van der Waals surface area (Å²) in [7, 11) is 0. The maximum absolute atomic E-state index is 13.0. The van der Waals surface area contributed by atoms with E-state index in [1.807, 2.05) is 32.0 Å². The third-order valence-electron chi connectivity index (χ3n) is 4.84. The van der Waals surface area contributed by atoms with Crippen LogP contribution in [0.2, 0.25) is 0 Å². The Labute approximate surface area is 190 Å². The van der Waals surface area contributed by atoms with Gasteiger partial charge in [-0.3, -0.25) is 9.59 Å². The number of amides is 2. The molecule has 0 bridgehead atoms. The number of hydrogen-bond donors (Lipinski definition) is 3. The van der Waals surface area contributed by atoms with Gasteiger partial charge in [0.15, 0.2) is 0 Å². The average molecular weight is 452 g/mol. The number of esters is 1. The molecule has 0 spiro atoms. The molecule has 1 aromatic heterocycles. The number of rotatable bonds is 6. The lowest BCUT2D eigenvalue weighted by Crippen LogP contribution is -2.15. The molecule has 0 aliphatic carbocycles. The molecule has 0 radical (unpaired) electrons. The first-order chi connectivity index (χ1) is 15.2. The number of anilines is 3. The van der Waals surface area contributed by atoms with Crippen molar-refractivity contribution < 1.29 is 19.1 Å². The number of thiophene rings is 1. The molecule has 32 heavy (non-hydrogen) atoms. The van der Waals surface area contributed by atoms with E-state index in [-0.39, 0.29) is 23.1 Å². The lowest BCUT2D eigenvalue weighted by atomic mass is 10.1. The molecular formula is C24H25N3O4S. The van der Waals surface area contributed by atoms with E-state index in [2.05, 4.69) is 10.6 Å². The van der Waals surface area contributed by atoms with Crippen molar-refractivity contribution in [2.24, 2.45) is 0 Å². The van der Waals surface area contributed by atoms with Gasteiger partial charge in [0.05, 0.1) is 17.0 Å². The zero-order valence-corrected chi connectivity index (χ0v) is 19.2. The predicted octanol–water partition coefficient (Wildman–Crippen LogP) is 4.94. The van der Waals surface area contributed by atoms with Crippen molar-refractivity contribution >= 4 is 45.5 Å². The summed E-state index contributed by atoms with van der Waals surface area (Å²) < 4.78 is 5.16. The minimum atomic E-state index is -0.602. The van der Waals surface area contributed by atoms with Crippen molar-refractivity contribution in [2.45, 2.75) is 27.7 Å². The van der Waals surface area contributed by atoms with Crippen molar-refractivity contribution in [1.29, 1.82) is 0 Å². The fourth-order valence-corrected chi connectivity index (χ4v) is 4.34. The van der Waals surface area contributed by atoms with E-state index >= 15 is 0 Å². The van der Waals surface area contributed by atoms with E-state index in [1.165, 1.54) is 6.07 Å². The molecule has 2 aromatic carbocycles. The van der Waals surface area contributed by atoms with E-state index in [0.717, 1.165) is 22.5 Å². The van der Waals surface area contributed by atoms with Crippen LogP contribution in [0.4, 0.5) is 16.4 Å². The standard InChI is InChI=1S/C24H25N3O4S/c1-5-31-24(30)19-15(4)20(22(29)26-18-10-9-13(2)11-14(18)3)32-23(19)27-21(28)16-7-6-8-17(25)12-16/h6-12H,5,25H2,1-4H3,(H,26,29)(H,27,28). The van der Waals surface area contributed by atoms with Crippen LogP contribution in [-0.4, -0.2) is 24.4 Å². The SMILES string of the molecule is CCOC(=O)c1c(NC(=O)c2cccc(N)c2)sc(C(=O)Nc2ccc(C)cc2C)c1C. The molecular weight excluding hydrogens is 426 g/mol. The molecule has 166 valence electrons. The number of ether oxygens (including phenoxy) is 1. The summed E-state index contributed by atoms with van der Waals surface area (Å²) in [5.41, 5.74) is 9.85. The summed E-state index contributed by atoms with van der Waals surface area (Å²) in [6.07, 6.45) is 0. The topological polar surface area (TPSA) is 111 Å². The second-order valence-electron chi connectivity index (χ2n) is 7.33. The predicted molar refractivity (Wildman–Crippen MR) is 128 cm³/mol. The highest BCUT2D eigenvalue weighted by Gasteiger charge is 2.27. The molecule has 0 saturated heterocycles. The Hall–Kier alpha value is -3.65. The minimum Gasteiger partial charge on any atom is -0.462 e. The largest absolute Gasteiger partial charge is 0.462 e. The van der Waals surface area contributed by atoms with Crippen molar-refractivity contribution in [2.75, 3.05) is 23.0 Å². The number of carbonyl (C=O) groups excluding carboxylic acids is 3. The number of aryl methyl sites for hydroxylation is 2. The Morgan fingerprint density at radius 1 is 1.00 bits per heavy atom. The van der Waals surface area contributed by atoms with Gasteiger partial charge >= 0.3 is 5.97 Å². The van der Waals surface area contributed by atoms with Crippen LogP contribution in [0.25, 0.3) is 0 Å². The van der Waals surface area contributed by atoms with Gasteiger partial charge in [-0.15, -0.1) is 11.3 Å². The molecule has 2 amide bonds. The van der Waals surface area contributed by atoms with Crippen molar-refractivity contribution in [3.05, 3.63) is 75.2 Å². The van der Waals surface area contributed by atoms with Crippen LogP contribution in [0.5, 0.6) is 0 Å². The van der Waals surface area contributed by atoms with Crippen LogP contribution in [0.1, 0.15) is 54.0 Å². The Kier molecular flexibility index (Phi) is 6.95. The van der Waals surface area contributed by atoms with Crippen molar-refractivity contribution in [3.8, 4) is 0 Å². The zero-order chi connectivity index (χ0) is 23.4. The van der Waals surface area contributed by atoms with Crippen molar-refractivity contribution in [3.63, 3.8) is 0 Å². The monoisotopic (exact) mass is 451 g/mol. The first-order valence-corrected chi connectivity index (χ1v) is 10.9. The van der Waals surface area contributed by atoms with Gasteiger partial charge in [-0.25, -0.2) is 4.79 Å². The molecule has 0 fully saturated rings. The Morgan fingerprint density at radius 3 is 2.41 bits per heavy atom. The lowest BCUT2D eigenvalue weighted by molar-refractivity contribution is 0.0527. The Morgan fingerprint density at radius 2 is 1.75 bits per heavy atom. The molecule has 0 aliphatic rings. The highest BCUT2D eigenvalue weighted by atomic mass is 32.1. The van der Waals surface area contributed by atoms with Crippen LogP contribution in [0, 0.1) is 20.8 Å². The van der Waals surface area contributed by atoms with Crippen LogP contribution in [-0.2, 0) is 4.74 Å². The van der Waals surface area contributed by atoms with Crippen LogP contribution in [0.3, 0.4) is 0 Å². The van der Waals surface area contributed by atoms with Gasteiger partial charge in [0.2, 0.25) is 0 Å². The van der Waals surface area contributed by atoms with E-state index in [4.69, 9.17) is 10.5 Å². The number of nitrogen functional groups attached to an aromatic ring is 1. The molecule has 7 nitrogen and oxygen atoms in total. The summed E-state index contributed by atoms with van der Waals surface area (Å²) in [5, 5.41) is 5.87. The van der Waals surface area contributed by atoms with Gasteiger partial charge in [0.1, 0.15) is 5.00 Å². The molecule has 3 aromatic rings. The number of nitrogens with two attached hydrogens (primary N) is 1. The van der Waals surface area contributed by atoms with Crippen LogP contribution >= 0.6 is 11.3 Å². The van der Waals surface area contributed by atoms with Crippen LogP contribution in [0.15, 0.2) is 42.5 Å². The zero-order valence-electron chi connectivity index (χ0n) is 18.4. The Bertz CT molecular complexity index is 1200. The van der Waals surface area contributed by atoms with Crippen molar-refractivity contribution in [1.82, 2.24) is 0 Å². The van der Waals surface area contributed by atoms with E-state index in [9.17, 15) is 14.4 Å². The van der Waals surface area contributed by atoms with Gasteiger partial charge in [-0.05, 0) is 63.1 Å². The highest BCUT2D eigenvalue weighted by molar-refractivity contribution is 7.19. The molecule has 1 heterocycles. The fourth-order valence-electron chi connectivity index (χ4n) is 3.26. The van der Waals surface area contributed by atoms with E-state index in [0.29, 0.717) is 27.4 Å². The van der Waals surface area contributed by atoms with E-state index < -0.39 is 11.9 Å². The van der Waals surface area contributed by atoms with E-state index in [1.54, 1.807) is 32.0 Å². The molecule has 0 unspecified atom stereocenters. The van der Waals surface area contributed by atoms with Gasteiger partial charge in [-0.1, -0.05) is 23.8 Å². The maximum Gasteiger partial charge on any atom is 0.341 e. The molecule has 8 heteroatoms.